The van der Waals surface area contributed by atoms with E-state index in [0.717, 1.165) is 12.8 Å². The van der Waals surface area contributed by atoms with Crippen molar-refractivity contribution in [2.24, 2.45) is 17.8 Å². The Labute approximate surface area is 148 Å². The van der Waals surface area contributed by atoms with Crippen molar-refractivity contribution in [3.63, 3.8) is 0 Å². The monoisotopic (exact) mass is 349 g/mol. The van der Waals surface area contributed by atoms with Gasteiger partial charge < -0.3 is 15.0 Å². The van der Waals surface area contributed by atoms with Crippen molar-refractivity contribution in [3.05, 3.63) is 0 Å². The summed E-state index contributed by atoms with van der Waals surface area (Å²) in [6.07, 6.45) is 3.65. The van der Waals surface area contributed by atoms with Gasteiger partial charge in [0.2, 0.25) is 5.91 Å². The summed E-state index contributed by atoms with van der Waals surface area (Å²) >= 11 is 0. The van der Waals surface area contributed by atoms with Gasteiger partial charge in [0.25, 0.3) is 5.91 Å². The van der Waals surface area contributed by atoms with Gasteiger partial charge in [0.05, 0.1) is 18.4 Å². The smallest absolute Gasteiger partial charge is 0.311 e. The minimum absolute atomic E-state index is 0.00590. The fourth-order valence-corrected chi connectivity index (χ4v) is 3.77. The molecule has 138 valence electrons. The van der Waals surface area contributed by atoms with Crippen LogP contribution < -0.4 is 5.32 Å². The van der Waals surface area contributed by atoms with Crippen LogP contribution in [0.2, 0.25) is 0 Å². The van der Waals surface area contributed by atoms with E-state index in [9.17, 15) is 14.4 Å². The summed E-state index contributed by atoms with van der Waals surface area (Å²) in [4.78, 5) is 37.9. The second kappa shape index (κ2) is 8.84. The number of nitrogens with zero attached hydrogens (tertiary/aromatic N) is 2. The number of hydrogen-bond acceptors (Lipinski definition) is 5. The van der Waals surface area contributed by atoms with E-state index in [-0.39, 0.29) is 37.9 Å². The topological polar surface area (TPSA) is 99.5 Å². The lowest BCUT2D eigenvalue weighted by Crippen LogP contribution is -2.45. The molecular weight excluding hydrogens is 322 g/mol. The molecule has 0 spiro atoms. The van der Waals surface area contributed by atoms with E-state index in [1.165, 1.54) is 6.42 Å². The summed E-state index contributed by atoms with van der Waals surface area (Å²) in [6, 6.07) is 2.11. The second-order valence-electron chi connectivity index (χ2n) is 7.15. The standard InChI is InChI=1S/C18H27N3O4/c1-12-5-3-6-15(13(12)2)21-10-14(9-17(21)23)18(24)25-11-16(22)20-8-4-7-19/h12-15H,3-6,8-11H2,1-2H3,(H,20,22)/t12-,13-,14-,15+/m1/s1. The number of likely N-dealkylation sites (tertiary alicyclic amines) is 1. The molecule has 2 rings (SSSR count). The molecule has 0 bridgehead atoms. The number of carbonyl (C=O) groups is 3. The Morgan fingerprint density at radius 2 is 2.12 bits per heavy atom. The normalized spacial score (nSPS) is 29.2. The molecule has 1 heterocycles. The average Bonchev–Trinajstić information content (AvgIpc) is 2.97. The Kier molecular flexibility index (Phi) is 6.80. The fraction of sp³-hybridized carbons (Fsp3) is 0.778. The Morgan fingerprint density at radius 1 is 1.36 bits per heavy atom. The summed E-state index contributed by atoms with van der Waals surface area (Å²) in [5.74, 6) is -0.412. The Hall–Kier alpha value is -2.10. The van der Waals surface area contributed by atoms with Crippen LogP contribution in [0.1, 0.15) is 46.0 Å². The molecule has 1 N–H and O–H groups in total. The van der Waals surface area contributed by atoms with Crippen molar-refractivity contribution >= 4 is 17.8 Å². The lowest BCUT2D eigenvalue weighted by molar-refractivity contribution is -0.152. The van der Waals surface area contributed by atoms with Crippen molar-refractivity contribution in [2.75, 3.05) is 19.7 Å². The molecule has 0 aromatic heterocycles. The zero-order valence-electron chi connectivity index (χ0n) is 15.0. The first-order valence-electron chi connectivity index (χ1n) is 9.03. The van der Waals surface area contributed by atoms with E-state index in [4.69, 9.17) is 10.00 Å². The summed E-state index contributed by atoms with van der Waals surface area (Å²) in [5.41, 5.74) is 0. The molecule has 0 aromatic rings. The van der Waals surface area contributed by atoms with E-state index >= 15 is 0 Å². The van der Waals surface area contributed by atoms with Crippen molar-refractivity contribution in [3.8, 4) is 6.07 Å². The van der Waals surface area contributed by atoms with Gasteiger partial charge in [0, 0.05) is 25.6 Å². The highest BCUT2D eigenvalue weighted by Crippen LogP contribution is 2.35. The Balaban J connectivity index is 1.82. The molecule has 1 saturated carbocycles. The summed E-state index contributed by atoms with van der Waals surface area (Å²) in [7, 11) is 0. The number of amides is 2. The van der Waals surface area contributed by atoms with E-state index in [0.29, 0.717) is 18.4 Å². The first-order valence-corrected chi connectivity index (χ1v) is 9.03. The number of ether oxygens (including phenoxy) is 1. The van der Waals surface area contributed by atoms with Crippen molar-refractivity contribution < 1.29 is 19.1 Å². The molecule has 1 aliphatic carbocycles. The molecule has 25 heavy (non-hydrogen) atoms. The summed E-state index contributed by atoms with van der Waals surface area (Å²) in [5, 5.41) is 10.9. The summed E-state index contributed by atoms with van der Waals surface area (Å²) in [6.45, 7) is 4.65. The molecular formula is C18H27N3O4. The highest BCUT2D eigenvalue weighted by atomic mass is 16.5. The molecule has 7 nitrogen and oxygen atoms in total. The SMILES string of the molecule is C[C@@H]1[C@H](C)CCC[C@@H]1N1C[C@H](C(=O)OCC(=O)NCCC#N)CC1=O. The van der Waals surface area contributed by atoms with Gasteiger partial charge in [-0.2, -0.15) is 5.26 Å². The van der Waals surface area contributed by atoms with E-state index in [2.05, 4.69) is 19.2 Å². The van der Waals surface area contributed by atoms with E-state index in [1.807, 2.05) is 11.0 Å². The van der Waals surface area contributed by atoms with Crippen LogP contribution in [0.3, 0.4) is 0 Å². The molecule has 0 unspecified atom stereocenters. The zero-order chi connectivity index (χ0) is 18.4. The Morgan fingerprint density at radius 3 is 2.84 bits per heavy atom. The van der Waals surface area contributed by atoms with E-state index in [1.54, 1.807) is 0 Å². The van der Waals surface area contributed by atoms with Gasteiger partial charge in [0.15, 0.2) is 6.61 Å². The maximum atomic E-state index is 12.4. The first kappa shape index (κ1) is 19.2. The molecule has 1 aliphatic heterocycles. The molecule has 2 fully saturated rings. The highest BCUT2D eigenvalue weighted by Gasteiger charge is 2.42. The molecule has 2 amide bonds. The highest BCUT2D eigenvalue weighted by molar-refractivity contribution is 5.88. The number of esters is 1. The third-order valence-electron chi connectivity index (χ3n) is 5.46. The zero-order valence-corrected chi connectivity index (χ0v) is 15.0. The number of carbonyl (C=O) groups excluding carboxylic acids is 3. The van der Waals surface area contributed by atoms with Gasteiger partial charge in [0.1, 0.15) is 0 Å². The number of hydrogen-bond donors (Lipinski definition) is 1. The number of nitriles is 1. The van der Waals surface area contributed by atoms with Gasteiger partial charge >= 0.3 is 5.97 Å². The van der Waals surface area contributed by atoms with Crippen molar-refractivity contribution in [1.29, 1.82) is 5.26 Å². The van der Waals surface area contributed by atoms with Crippen molar-refractivity contribution in [2.45, 2.75) is 52.0 Å². The van der Waals surface area contributed by atoms with E-state index < -0.39 is 17.8 Å². The minimum atomic E-state index is -0.497. The van der Waals surface area contributed by atoms with Gasteiger partial charge in [-0.15, -0.1) is 0 Å². The number of rotatable bonds is 6. The second-order valence-corrected chi connectivity index (χ2v) is 7.15. The van der Waals surface area contributed by atoms with Gasteiger partial charge in [-0.1, -0.05) is 26.7 Å². The lowest BCUT2D eigenvalue weighted by atomic mass is 9.77. The fourth-order valence-electron chi connectivity index (χ4n) is 3.77. The maximum absolute atomic E-state index is 12.4. The molecule has 2 aliphatic rings. The number of nitrogens with one attached hydrogen (secondary N) is 1. The van der Waals surface area contributed by atoms with Gasteiger partial charge in [-0.25, -0.2) is 0 Å². The minimum Gasteiger partial charge on any atom is -0.455 e. The van der Waals surface area contributed by atoms with Crippen LogP contribution in [-0.2, 0) is 19.1 Å². The molecule has 0 aromatic carbocycles. The van der Waals surface area contributed by atoms with Gasteiger partial charge in [-0.05, 0) is 18.3 Å². The average molecular weight is 349 g/mol. The van der Waals surface area contributed by atoms with Crippen LogP contribution in [0.25, 0.3) is 0 Å². The molecule has 0 radical (unpaired) electrons. The predicted octanol–water partition coefficient (Wildman–Crippen LogP) is 1.23. The maximum Gasteiger partial charge on any atom is 0.311 e. The van der Waals surface area contributed by atoms with Gasteiger partial charge in [-0.3, -0.25) is 14.4 Å². The first-order chi connectivity index (χ1) is 11.9. The van der Waals surface area contributed by atoms with Crippen LogP contribution in [-0.4, -0.2) is 48.4 Å². The third kappa shape index (κ3) is 4.94. The van der Waals surface area contributed by atoms with Crippen LogP contribution in [0.15, 0.2) is 0 Å². The third-order valence-corrected chi connectivity index (χ3v) is 5.46. The van der Waals surface area contributed by atoms with Crippen LogP contribution in [0.5, 0.6) is 0 Å². The Bertz CT molecular complexity index is 557. The van der Waals surface area contributed by atoms with Crippen molar-refractivity contribution in [1.82, 2.24) is 10.2 Å². The van der Waals surface area contributed by atoms with Crippen LogP contribution in [0, 0.1) is 29.1 Å². The van der Waals surface area contributed by atoms with Crippen LogP contribution >= 0.6 is 0 Å². The molecule has 4 atom stereocenters. The largest absolute Gasteiger partial charge is 0.455 e. The predicted molar refractivity (Wildman–Crippen MR) is 90.0 cm³/mol. The van der Waals surface area contributed by atoms with Crippen LogP contribution in [0.4, 0.5) is 0 Å². The summed E-state index contributed by atoms with van der Waals surface area (Å²) < 4.78 is 5.04. The quantitative estimate of drug-likeness (QED) is 0.574. The lowest BCUT2D eigenvalue weighted by Gasteiger charge is -2.39. The molecule has 7 heteroatoms. The molecule has 1 saturated heterocycles.